The molecule has 0 aliphatic carbocycles. The topological polar surface area (TPSA) is 75.6 Å². The largest absolute Gasteiger partial charge is 0.480 e. The number of hydrogen-bond donors (Lipinski definition) is 2. The molecule has 0 spiro atoms. The predicted molar refractivity (Wildman–Crippen MR) is 77.8 cm³/mol. The summed E-state index contributed by atoms with van der Waals surface area (Å²) in [7, 11) is 0. The van der Waals surface area contributed by atoms with E-state index in [4.69, 9.17) is 4.74 Å². The van der Waals surface area contributed by atoms with Crippen LogP contribution in [0.5, 0.6) is 0 Å². The van der Waals surface area contributed by atoms with E-state index in [2.05, 4.69) is 5.32 Å². The molecule has 1 aliphatic heterocycles. The predicted octanol–water partition coefficient (Wildman–Crippen LogP) is 1.61. The fourth-order valence-electron chi connectivity index (χ4n) is 2.71. The van der Waals surface area contributed by atoms with Crippen molar-refractivity contribution in [3.8, 4) is 0 Å². The Morgan fingerprint density at radius 1 is 1.33 bits per heavy atom. The highest BCUT2D eigenvalue weighted by Gasteiger charge is 2.36. The smallest absolute Gasteiger partial charge is 0.326 e. The molecule has 1 aliphatic rings. The Hall–Kier alpha value is -1.88. The third-order valence-corrected chi connectivity index (χ3v) is 3.76. The van der Waals surface area contributed by atoms with E-state index in [9.17, 15) is 14.7 Å². The number of carbonyl (C=O) groups excluding carboxylic acids is 1. The Labute approximate surface area is 124 Å². The van der Waals surface area contributed by atoms with Gasteiger partial charge in [-0.2, -0.15) is 0 Å². The molecule has 0 saturated carbocycles. The van der Waals surface area contributed by atoms with Gasteiger partial charge < -0.3 is 15.2 Å². The van der Waals surface area contributed by atoms with Crippen molar-refractivity contribution in [2.45, 2.75) is 44.9 Å². The van der Waals surface area contributed by atoms with Crippen LogP contribution >= 0.6 is 0 Å². The third-order valence-electron chi connectivity index (χ3n) is 3.76. The minimum absolute atomic E-state index is 0.0353. The number of nitrogens with one attached hydrogen (secondary N) is 1. The number of aliphatic carboxylic acids is 1. The molecule has 1 aromatic carbocycles. The molecule has 2 N–H and O–H groups in total. The van der Waals surface area contributed by atoms with Crippen LogP contribution < -0.4 is 5.32 Å². The lowest BCUT2D eigenvalue weighted by Gasteiger charge is -2.19. The first kappa shape index (κ1) is 15.5. The van der Waals surface area contributed by atoms with Crippen LogP contribution in [0.2, 0.25) is 0 Å². The van der Waals surface area contributed by atoms with Gasteiger partial charge in [-0.05, 0) is 24.8 Å². The molecule has 1 heterocycles. The maximum absolute atomic E-state index is 12.2. The van der Waals surface area contributed by atoms with Crippen molar-refractivity contribution in [3.63, 3.8) is 0 Å². The van der Waals surface area contributed by atoms with E-state index < -0.39 is 18.1 Å². The van der Waals surface area contributed by atoms with Crippen LogP contribution in [0.4, 0.5) is 0 Å². The van der Waals surface area contributed by atoms with Crippen molar-refractivity contribution in [3.05, 3.63) is 35.9 Å². The van der Waals surface area contributed by atoms with Crippen LogP contribution in [0, 0.1) is 5.92 Å². The Morgan fingerprint density at radius 2 is 2.00 bits per heavy atom. The van der Waals surface area contributed by atoms with Crippen LogP contribution in [-0.2, 0) is 20.7 Å². The molecule has 114 valence electrons. The van der Waals surface area contributed by atoms with Gasteiger partial charge in [-0.1, -0.05) is 37.3 Å². The number of ether oxygens (including phenoxy) is 1. The van der Waals surface area contributed by atoms with E-state index in [1.54, 1.807) is 0 Å². The van der Waals surface area contributed by atoms with Crippen molar-refractivity contribution < 1.29 is 19.4 Å². The Morgan fingerprint density at radius 3 is 2.52 bits per heavy atom. The molecule has 4 atom stereocenters. The highest BCUT2D eigenvalue weighted by Crippen LogP contribution is 2.25. The Balaban J connectivity index is 2.00. The molecule has 0 aromatic heterocycles. The molecule has 1 fully saturated rings. The quantitative estimate of drug-likeness (QED) is 0.864. The lowest BCUT2D eigenvalue weighted by Crippen LogP contribution is -2.47. The van der Waals surface area contributed by atoms with Crippen molar-refractivity contribution in [2.24, 2.45) is 5.92 Å². The van der Waals surface area contributed by atoms with Gasteiger partial charge >= 0.3 is 5.97 Å². The number of benzene rings is 1. The third kappa shape index (κ3) is 4.04. The van der Waals surface area contributed by atoms with Crippen molar-refractivity contribution in [1.29, 1.82) is 0 Å². The second-order valence-corrected chi connectivity index (χ2v) is 5.67. The van der Waals surface area contributed by atoms with Crippen LogP contribution in [0.25, 0.3) is 0 Å². The van der Waals surface area contributed by atoms with E-state index in [0.29, 0.717) is 0 Å². The van der Waals surface area contributed by atoms with Crippen molar-refractivity contribution >= 4 is 11.9 Å². The van der Waals surface area contributed by atoms with Crippen LogP contribution in [0.1, 0.15) is 25.8 Å². The average Bonchev–Trinajstić information content (AvgIpc) is 2.78. The minimum Gasteiger partial charge on any atom is -0.480 e. The first-order valence-electron chi connectivity index (χ1n) is 7.20. The summed E-state index contributed by atoms with van der Waals surface area (Å²) in [5.41, 5.74) is 0.874. The number of rotatable bonds is 5. The lowest BCUT2D eigenvalue weighted by atomic mass is 10.0. The maximum Gasteiger partial charge on any atom is 0.326 e. The summed E-state index contributed by atoms with van der Waals surface area (Å²) in [6.45, 7) is 3.86. The SMILES string of the molecule is CC1CC(C)C(C(=O)N[C@H](Cc2ccccc2)C(=O)O)O1. The average molecular weight is 291 g/mol. The van der Waals surface area contributed by atoms with Gasteiger partial charge in [0.05, 0.1) is 6.10 Å². The second-order valence-electron chi connectivity index (χ2n) is 5.67. The lowest BCUT2D eigenvalue weighted by molar-refractivity contribution is -0.144. The molecule has 1 aromatic rings. The van der Waals surface area contributed by atoms with E-state index in [1.807, 2.05) is 44.2 Å². The first-order valence-corrected chi connectivity index (χ1v) is 7.20. The summed E-state index contributed by atoms with van der Waals surface area (Å²) in [6.07, 6.45) is 0.554. The molecule has 21 heavy (non-hydrogen) atoms. The standard InChI is InChI=1S/C16H21NO4/c1-10-8-11(2)21-14(10)15(18)17-13(16(19)20)9-12-6-4-3-5-7-12/h3-7,10-11,13-14H,8-9H2,1-2H3,(H,17,18)(H,19,20)/t10?,11?,13-,14?/m1/s1. The fourth-order valence-corrected chi connectivity index (χ4v) is 2.71. The number of carboxylic acid groups (broad SMARTS) is 1. The summed E-state index contributed by atoms with van der Waals surface area (Å²) in [5, 5.41) is 11.9. The minimum atomic E-state index is -1.04. The number of carbonyl (C=O) groups is 2. The van der Waals surface area contributed by atoms with Gasteiger partial charge in [-0.25, -0.2) is 4.79 Å². The van der Waals surface area contributed by atoms with Crippen molar-refractivity contribution in [1.82, 2.24) is 5.32 Å². The van der Waals surface area contributed by atoms with Gasteiger partial charge in [-0.15, -0.1) is 0 Å². The summed E-state index contributed by atoms with van der Waals surface area (Å²) < 4.78 is 5.56. The molecule has 1 saturated heterocycles. The number of hydrogen-bond acceptors (Lipinski definition) is 3. The summed E-state index contributed by atoms with van der Waals surface area (Å²) >= 11 is 0. The summed E-state index contributed by atoms with van der Waals surface area (Å²) in [5.74, 6) is -1.27. The monoisotopic (exact) mass is 291 g/mol. The van der Waals surface area contributed by atoms with Gasteiger partial charge in [0.15, 0.2) is 0 Å². The van der Waals surface area contributed by atoms with Gasteiger partial charge in [-0.3, -0.25) is 4.79 Å². The molecule has 0 bridgehead atoms. The van der Waals surface area contributed by atoms with E-state index in [0.717, 1.165) is 12.0 Å². The highest BCUT2D eigenvalue weighted by molar-refractivity contribution is 5.86. The molecular weight excluding hydrogens is 270 g/mol. The maximum atomic E-state index is 12.2. The second kappa shape index (κ2) is 6.72. The zero-order valence-electron chi connectivity index (χ0n) is 12.3. The number of amides is 1. The first-order chi connectivity index (χ1) is 9.97. The zero-order chi connectivity index (χ0) is 15.4. The Bertz CT molecular complexity index is 502. The van der Waals surface area contributed by atoms with Gasteiger partial charge in [0.1, 0.15) is 12.1 Å². The Kier molecular flexibility index (Phi) is 4.96. The van der Waals surface area contributed by atoms with E-state index in [-0.39, 0.29) is 24.3 Å². The fraction of sp³-hybridized carbons (Fsp3) is 0.500. The molecule has 2 rings (SSSR count). The highest BCUT2D eigenvalue weighted by atomic mass is 16.5. The molecule has 5 heteroatoms. The van der Waals surface area contributed by atoms with E-state index in [1.165, 1.54) is 0 Å². The summed E-state index contributed by atoms with van der Waals surface area (Å²) in [4.78, 5) is 23.6. The van der Waals surface area contributed by atoms with Gasteiger partial charge in [0.25, 0.3) is 0 Å². The van der Waals surface area contributed by atoms with Crippen LogP contribution in [0.15, 0.2) is 30.3 Å². The molecule has 5 nitrogen and oxygen atoms in total. The summed E-state index contributed by atoms with van der Waals surface area (Å²) in [6, 6.07) is 8.32. The molecule has 1 amide bonds. The normalized spacial score (nSPS) is 26.3. The molecular formula is C16H21NO4. The molecule has 3 unspecified atom stereocenters. The zero-order valence-corrected chi connectivity index (χ0v) is 12.3. The van der Waals surface area contributed by atoms with Crippen molar-refractivity contribution in [2.75, 3.05) is 0 Å². The van der Waals surface area contributed by atoms with E-state index >= 15 is 0 Å². The van der Waals surface area contributed by atoms with Gasteiger partial charge in [0, 0.05) is 6.42 Å². The number of carboxylic acids is 1. The van der Waals surface area contributed by atoms with Crippen LogP contribution in [-0.4, -0.2) is 35.2 Å². The van der Waals surface area contributed by atoms with Crippen LogP contribution in [0.3, 0.4) is 0 Å². The molecule has 0 radical (unpaired) electrons. The van der Waals surface area contributed by atoms with Gasteiger partial charge in [0.2, 0.25) is 5.91 Å².